The SMILES string of the molecule is O=C(c1cn[nH]c1)N1CCC([C@H]2c3nc[nH]c3CCN2C(=O)Cc2ccccc2)CC1. The monoisotopic (exact) mass is 418 g/mol. The van der Waals surface area contributed by atoms with E-state index in [9.17, 15) is 9.59 Å². The molecule has 5 rings (SSSR count). The van der Waals surface area contributed by atoms with Crippen LogP contribution in [0, 0.1) is 5.92 Å². The number of aromatic amines is 2. The first-order chi connectivity index (χ1) is 15.2. The van der Waals surface area contributed by atoms with Gasteiger partial charge < -0.3 is 14.8 Å². The van der Waals surface area contributed by atoms with Gasteiger partial charge in [-0.1, -0.05) is 30.3 Å². The summed E-state index contributed by atoms with van der Waals surface area (Å²) in [5, 5.41) is 6.58. The number of piperidine rings is 1. The van der Waals surface area contributed by atoms with Gasteiger partial charge in [0, 0.05) is 37.9 Å². The van der Waals surface area contributed by atoms with Crippen LogP contribution >= 0.6 is 0 Å². The van der Waals surface area contributed by atoms with Crippen molar-refractivity contribution in [3.8, 4) is 0 Å². The number of hydrogen-bond donors (Lipinski definition) is 2. The quantitative estimate of drug-likeness (QED) is 0.680. The fourth-order valence-electron chi connectivity index (χ4n) is 4.90. The lowest BCUT2D eigenvalue weighted by molar-refractivity contribution is -0.135. The Hall–Kier alpha value is -3.42. The minimum absolute atomic E-state index is 0.00770. The summed E-state index contributed by atoms with van der Waals surface area (Å²) < 4.78 is 0. The second-order valence-electron chi connectivity index (χ2n) is 8.33. The second kappa shape index (κ2) is 8.37. The number of carbonyl (C=O) groups is 2. The number of imidazole rings is 1. The van der Waals surface area contributed by atoms with Gasteiger partial charge in [0.25, 0.3) is 5.91 Å². The van der Waals surface area contributed by atoms with Crippen LogP contribution in [-0.2, 0) is 17.6 Å². The smallest absolute Gasteiger partial charge is 0.257 e. The minimum atomic E-state index is -0.0441. The van der Waals surface area contributed by atoms with Crippen molar-refractivity contribution < 1.29 is 9.59 Å². The third-order valence-electron chi connectivity index (χ3n) is 6.51. The maximum atomic E-state index is 13.3. The Morgan fingerprint density at radius 1 is 1.10 bits per heavy atom. The van der Waals surface area contributed by atoms with E-state index in [0.717, 1.165) is 36.2 Å². The van der Waals surface area contributed by atoms with Gasteiger partial charge in [-0.25, -0.2) is 4.98 Å². The average Bonchev–Trinajstić information content (AvgIpc) is 3.51. The van der Waals surface area contributed by atoms with E-state index in [2.05, 4.69) is 20.2 Å². The maximum absolute atomic E-state index is 13.3. The predicted octanol–water partition coefficient (Wildman–Crippen LogP) is 2.35. The van der Waals surface area contributed by atoms with Crippen molar-refractivity contribution >= 4 is 11.8 Å². The van der Waals surface area contributed by atoms with E-state index >= 15 is 0 Å². The third-order valence-corrected chi connectivity index (χ3v) is 6.51. The maximum Gasteiger partial charge on any atom is 0.257 e. The van der Waals surface area contributed by atoms with Crippen LogP contribution in [0.15, 0.2) is 49.1 Å². The van der Waals surface area contributed by atoms with Crippen LogP contribution < -0.4 is 0 Å². The number of aromatic nitrogens is 4. The first-order valence-electron chi connectivity index (χ1n) is 10.8. The number of nitrogens with zero attached hydrogens (tertiary/aromatic N) is 4. The van der Waals surface area contributed by atoms with Crippen LogP contribution in [0.2, 0.25) is 0 Å². The van der Waals surface area contributed by atoms with Crippen molar-refractivity contribution in [3.63, 3.8) is 0 Å². The van der Waals surface area contributed by atoms with E-state index < -0.39 is 0 Å². The van der Waals surface area contributed by atoms with Gasteiger partial charge in [0.1, 0.15) is 0 Å². The fourth-order valence-corrected chi connectivity index (χ4v) is 4.90. The summed E-state index contributed by atoms with van der Waals surface area (Å²) in [5.74, 6) is 0.422. The van der Waals surface area contributed by atoms with Gasteiger partial charge in [0.2, 0.25) is 5.91 Å². The van der Waals surface area contributed by atoms with Crippen molar-refractivity contribution in [2.24, 2.45) is 5.92 Å². The Bertz CT molecular complexity index is 1040. The lowest BCUT2D eigenvalue weighted by atomic mass is 9.83. The zero-order valence-electron chi connectivity index (χ0n) is 17.3. The Morgan fingerprint density at radius 2 is 1.90 bits per heavy atom. The summed E-state index contributed by atoms with van der Waals surface area (Å²) in [6.45, 7) is 2.04. The number of amides is 2. The number of benzene rings is 1. The molecule has 0 aliphatic carbocycles. The molecule has 0 saturated carbocycles. The molecule has 2 aliphatic rings. The second-order valence-corrected chi connectivity index (χ2v) is 8.33. The first kappa shape index (κ1) is 19.5. The van der Waals surface area contributed by atoms with E-state index in [1.54, 1.807) is 18.7 Å². The normalized spacial score (nSPS) is 19.3. The molecule has 2 aliphatic heterocycles. The molecule has 2 N–H and O–H groups in total. The zero-order chi connectivity index (χ0) is 21.2. The molecule has 0 unspecified atom stereocenters. The fraction of sp³-hybridized carbons (Fsp3) is 0.391. The van der Waals surface area contributed by atoms with Crippen molar-refractivity contribution in [2.45, 2.75) is 31.7 Å². The largest absolute Gasteiger partial charge is 0.348 e. The average molecular weight is 419 g/mol. The molecule has 31 heavy (non-hydrogen) atoms. The standard InChI is InChI=1S/C23H26N6O2/c30-20(12-16-4-2-1-3-5-16)29-11-8-19-21(25-15-24-19)22(29)17-6-9-28(10-7-17)23(31)18-13-26-27-14-18/h1-5,13-15,17,22H,6-12H2,(H,24,25)(H,26,27)/t22-/m0/s1. The van der Waals surface area contributed by atoms with E-state index in [1.807, 2.05) is 40.1 Å². The molecular formula is C23H26N6O2. The highest BCUT2D eigenvalue weighted by Crippen LogP contribution is 2.39. The molecule has 0 bridgehead atoms. The van der Waals surface area contributed by atoms with Gasteiger partial charge in [-0.15, -0.1) is 0 Å². The van der Waals surface area contributed by atoms with E-state index in [4.69, 9.17) is 0 Å². The van der Waals surface area contributed by atoms with Gasteiger partial charge in [-0.3, -0.25) is 14.7 Å². The van der Waals surface area contributed by atoms with E-state index in [-0.39, 0.29) is 23.8 Å². The molecule has 1 aromatic carbocycles. The van der Waals surface area contributed by atoms with Crippen LogP contribution in [0.25, 0.3) is 0 Å². The number of carbonyl (C=O) groups excluding carboxylic acids is 2. The summed E-state index contributed by atoms with van der Waals surface area (Å²) >= 11 is 0. The molecule has 3 aromatic rings. The van der Waals surface area contributed by atoms with Gasteiger partial charge >= 0.3 is 0 Å². The lowest BCUT2D eigenvalue weighted by Gasteiger charge is -2.43. The van der Waals surface area contributed by atoms with Crippen LogP contribution in [0.1, 0.15) is 46.2 Å². The summed E-state index contributed by atoms with van der Waals surface area (Å²) in [6, 6.07) is 9.85. The lowest BCUT2D eigenvalue weighted by Crippen LogP contribution is -2.47. The molecule has 4 heterocycles. The topological polar surface area (TPSA) is 98.0 Å². The Kier molecular flexibility index (Phi) is 5.28. The van der Waals surface area contributed by atoms with Crippen molar-refractivity contribution in [1.29, 1.82) is 0 Å². The van der Waals surface area contributed by atoms with Crippen LogP contribution in [0.3, 0.4) is 0 Å². The Balaban J connectivity index is 1.33. The molecular weight excluding hydrogens is 392 g/mol. The van der Waals surface area contributed by atoms with Crippen molar-refractivity contribution in [3.05, 3.63) is 71.6 Å². The highest BCUT2D eigenvalue weighted by atomic mass is 16.2. The molecule has 2 amide bonds. The molecule has 1 saturated heterocycles. The number of rotatable bonds is 4. The van der Waals surface area contributed by atoms with E-state index in [1.165, 1.54) is 0 Å². The molecule has 0 spiro atoms. The van der Waals surface area contributed by atoms with Crippen molar-refractivity contribution in [2.75, 3.05) is 19.6 Å². The van der Waals surface area contributed by atoms with Crippen LogP contribution in [-0.4, -0.2) is 61.4 Å². The summed E-state index contributed by atoms with van der Waals surface area (Å²) in [5.41, 5.74) is 3.74. The first-order valence-corrected chi connectivity index (χ1v) is 10.8. The number of hydrogen-bond acceptors (Lipinski definition) is 4. The van der Waals surface area contributed by atoms with Crippen LogP contribution in [0.5, 0.6) is 0 Å². The van der Waals surface area contributed by atoms with E-state index in [0.29, 0.717) is 31.6 Å². The van der Waals surface area contributed by atoms with Gasteiger partial charge in [-0.05, 0) is 24.3 Å². The minimum Gasteiger partial charge on any atom is -0.348 e. The molecule has 2 aromatic heterocycles. The highest BCUT2D eigenvalue weighted by molar-refractivity contribution is 5.93. The predicted molar refractivity (Wildman–Crippen MR) is 114 cm³/mol. The molecule has 8 nitrogen and oxygen atoms in total. The summed E-state index contributed by atoms with van der Waals surface area (Å²) in [6.07, 6.45) is 7.82. The Labute approximate surface area is 180 Å². The van der Waals surface area contributed by atoms with Crippen LogP contribution in [0.4, 0.5) is 0 Å². The summed E-state index contributed by atoms with van der Waals surface area (Å²) in [4.78, 5) is 37.7. The highest BCUT2D eigenvalue weighted by Gasteiger charge is 2.39. The Morgan fingerprint density at radius 3 is 2.65 bits per heavy atom. The van der Waals surface area contributed by atoms with Crippen molar-refractivity contribution in [1.82, 2.24) is 30.0 Å². The number of nitrogens with one attached hydrogen (secondary N) is 2. The molecule has 0 radical (unpaired) electrons. The number of likely N-dealkylation sites (tertiary alicyclic amines) is 1. The molecule has 1 atom stereocenters. The molecule has 1 fully saturated rings. The third kappa shape index (κ3) is 3.85. The molecule has 160 valence electrons. The number of H-pyrrole nitrogens is 2. The van der Waals surface area contributed by atoms with Gasteiger partial charge in [0.05, 0.1) is 36.2 Å². The van der Waals surface area contributed by atoms with Gasteiger partial charge in [-0.2, -0.15) is 5.10 Å². The van der Waals surface area contributed by atoms with Gasteiger partial charge in [0.15, 0.2) is 0 Å². The zero-order valence-corrected chi connectivity index (χ0v) is 17.3. The molecule has 8 heteroatoms. The number of fused-ring (bicyclic) bond motifs is 1. The summed E-state index contributed by atoms with van der Waals surface area (Å²) in [7, 11) is 0.